The predicted molar refractivity (Wildman–Crippen MR) is 125 cm³/mol. The Bertz CT molecular complexity index is 622. The van der Waals surface area contributed by atoms with Crippen LogP contribution < -0.4 is 4.74 Å². The Hall–Kier alpha value is -1.97. The van der Waals surface area contributed by atoms with Gasteiger partial charge in [0.1, 0.15) is 22.8 Å². The van der Waals surface area contributed by atoms with E-state index in [9.17, 15) is 15.0 Å². The number of ketones is 1. The molecule has 2 N–H and O–H groups in total. The first-order valence-corrected chi connectivity index (χ1v) is 11.9. The second kappa shape index (κ2) is 16.8. The van der Waals surface area contributed by atoms with E-state index in [1.165, 1.54) is 90.0 Å². The van der Waals surface area contributed by atoms with Crippen molar-refractivity contribution < 1.29 is 19.7 Å². The van der Waals surface area contributed by atoms with E-state index < -0.39 is 0 Å². The average molecular weight is 419 g/mol. The van der Waals surface area contributed by atoms with Crippen molar-refractivity contribution in [1.29, 1.82) is 0 Å². The van der Waals surface area contributed by atoms with Crippen molar-refractivity contribution in [3.05, 3.63) is 29.8 Å². The molecule has 0 spiro atoms. The minimum atomic E-state index is -0.275. The zero-order chi connectivity index (χ0) is 22.0. The topological polar surface area (TPSA) is 66.8 Å². The van der Waals surface area contributed by atoms with E-state index in [1.807, 2.05) is 0 Å². The highest BCUT2D eigenvalue weighted by atomic mass is 16.5. The summed E-state index contributed by atoms with van der Waals surface area (Å²) in [7, 11) is 0. The second-order valence-electron chi connectivity index (χ2n) is 8.18. The number of hydrogen-bond donors (Lipinski definition) is 2. The molecule has 1 aromatic carbocycles. The number of ether oxygens (including phenoxy) is 1. The highest BCUT2D eigenvalue weighted by Crippen LogP contribution is 2.33. The first-order valence-electron chi connectivity index (χ1n) is 11.9. The lowest BCUT2D eigenvalue weighted by Gasteiger charge is -2.11. The van der Waals surface area contributed by atoms with Crippen LogP contribution in [0.2, 0.25) is 0 Å². The maximum Gasteiger partial charge on any atom is 0.167 e. The van der Waals surface area contributed by atoms with E-state index in [2.05, 4.69) is 19.1 Å². The summed E-state index contributed by atoms with van der Waals surface area (Å²) in [4.78, 5) is 11.7. The van der Waals surface area contributed by atoms with E-state index in [1.54, 1.807) is 0 Å². The molecule has 0 radical (unpaired) electrons. The fourth-order valence-electron chi connectivity index (χ4n) is 3.59. The molecule has 0 amide bonds. The number of unbranched alkanes of at least 4 members (excludes halogenated alkanes) is 12. The van der Waals surface area contributed by atoms with Crippen LogP contribution in [0.1, 0.15) is 114 Å². The standard InChI is InChI=1S/C26H42O4/c1-3-4-5-6-7-8-9-10-11-12-13-14-15-16-17-18-19-30-25-21-23(28)20-24(29)26(25)22(2)27/h10-11,20-21,28-29H,3-9,12-19H2,1-2H3/b11-10-. The molecule has 0 saturated carbocycles. The summed E-state index contributed by atoms with van der Waals surface area (Å²) in [5.74, 6) is -0.358. The molecule has 4 nitrogen and oxygen atoms in total. The number of benzene rings is 1. The predicted octanol–water partition coefficient (Wildman–Crippen LogP) is 7.72. The molecule has 0 aliphatic heterocycles. The monoisotopic (exact) mass is 418 g/mol. The van der Waals surface area contributed by atoms with Crippen LogP contribution in [0.5, 0.6) is 17.2 Å². The number of phenolic OH excluding ortho intramolecular Hbond substituents is 2. The van der Waals surface area contributed by atoms with E-state index >= 15 is 0 Å². The summed E-state index contributed by atoms with van der Waals surface area (Å²) in [5, 5.41) is 19.4. The Morgan fingerprint density at radius 1 is 0.833 bits per heavy atom. The zero-order valence-corrected chi connectivity index (χ0v) is 19.1. The number of hydrogen-bond acceptors (Lipinski definition) is 4. The molecule has 0 heterocycles. The fraction of sp³-hybridized carbons (Fsp3) is 0.654. The van der Waals surface area contributed by atoms with Gasteiger partial charge in [-0.25, -0.2) is 0 Å². The number of Topliss-reactive ketones (excluding diaryl/α,β-unsaturated/α-hetero) is 1. The Kier molecular flexibility index (Phi) is 14.6. The first kappa shape index (κ1) is 26.1. The molecule has 4 heteroatoms. The van der Waals surface area contributed by atoms with Crippen molar-refractivity contribution in [2.75, 3.05) is 6.61 Å². The molecular weight excluding hydrogens is 376 g/mol. The van der Waals surface area contributed by atoms with Crippen LogP contribution in [0, 0.1) is 0 Å². The summed E-state index contributed by atoms with van der Waals surface area (Å²) in [6, 6.07) is 2.55. The number of aromatic hydroxyl groups is 2. The zero-order valence-electron chi connectivity index (χ0n) is 19.1. The molecule has 0 aliphatic rings. The van der Waals surface area contributed by atoms with Crippen LogP contribution in [-0.2, 0) is 0 Å². The second-order valence-corrected chi connectivity index (χ2v) is 8.18. The maximum atomic E-state index is 11.7. The third kappa shape index (κ3) is 11.9. The first-order chi connectivity index (χ1) is 14.6. The average Bonchev–Trinajstić information content (AvgIpc) is 2.69. The van der Waals surface area contributed by atoms with Gasteiger partial charge in [0.2, 0.25) is 0 Å². The van der Waals surface area contributed by atoms with Crippen molar-refractivity contribution in [1.82, 2.24) is 0 Å². The van der Waals surface area contributed by atoms with E-state index in [0.29, 0.717) is 6.61 Å². The van der Waals surface area contributed by atoms with Crippen molar-refractivity contribution >= 4 is 5.78 Å². The van der Waals surface area contributed by atoms with Gasteiger partial charge in [-0.3, -0.25) is 4.79 Å². The minimum Gasteiger partial charge on any atom is -0.508 e. The molecule has 0 aliphatic carbocycles. The molecule has 1 rings (SSSR count). The highest BCUT2D eigenvalue weighted by Gasteiger charge is 2.15. The molecular formula is C26H42O4. The number of carbonyl (C=O) groups excluding carboxylic acids is 1. The minimum absolute atomic E-state index is 0.103. The van der Waals surface area contributed by atoms with Gasteiger partial charge in [-0.2, -0.15) is 0 Å². The summed E-state index contributed by atoms with van der Waals surface area (Å²) < 4.78 is 5.63. The van der Waals surface area contributed by atoms with Gasteiger partial charge in [-0.1, -0.05) is 76.9 Å². The van der Waals surface area contributed by atoms with Gasteiger partial charge >= 0.3 is 0 Å². The molecule has 0 saturated heterocycles. The van der Waals surface area contributed by atoms with Crippen LogP contribution in [0.15, 0.2) is 24.3 Å². The Labute approximate surface area is 183 Å². The summed E-state index contributed by atoms with van der Waals surface area (Å²) >= 11 is 0. The van der Waals surface area contributed by atoms with Gasteiger partial charge in [0.25, 0.3) is 0 Å². The number of rotatable bonds is 18. The highest BCUT2D eigenvalue weighted by molar-refractivity contribution is 5.99. The van der Waals surface area contributed by atoms with Crippen LogP contribution in [-0.4, -0.2) is 22.6 Å². The normalized spacial score (nSPS) is 11.3. The number of carbonyl (C=O) groups is 1. The molecule has 0 atom stereocenters. The third-order valence-corrected chi connectivity index (χ3v) is 5.33. The van der Waals surface area contributed by atoms with Crippen LogP contribution in [0.25, 0.3) is 0 Å². The van der Waals surface area contributed by atoms with E-state index in [0.717, 1.165) is 18.9 Å². The third-order valence-electron chi connectivity index (χ3n) is 5.33. The molecule has 170 valence electrons. The quantitative estimate of drug-likeness (QED) is 0.145. The van der Waals surface area contributed by atoms with Crippen molar-refractivity contribution in [2.45, 2.75) is 104 Å². The number of allylic oxidation sites excluding steroid dienone is 2. The summed E-state index contributed by atoms with van der Waals surface area (Å²) in [6.45, 7) is 4.11. The van der Waals surface area contributed by atoms with E-state index in [4.69, 9.17) is 4.74 Å². The van der Waals surface area contributed by atoms with Gasteiger partial charge in [0.15, 0.2) is 5.78 Å². The summed E-state index contributed by atoms with van der Waals surface area (Å²) in [5.41, 5.74) is 0.136. The molecule has 0 aromatic heterocycles. The van der Waals surface area contributed by atoms with Crippen LogP contribution in [0.4, 0.5) is 0 Å². The van der Waals surface area contributed by atoms with Gasteiger partial charge in [0, 0.05) is 12.1 Å². The van der Waals surface area contributed by atoms with E-state index in [-0.39, 0.29) is 28.6 Å². The van der Waals surface area contributed by atoms with Gasteiger partial charge in [-0.15, -0.1) is 0 Å². The van der Waals surface area contributed by atoms with Gasteiger partial charge < -0.3 is 14.9 Å². The molecule has 30 heavy (non-hydrogen) atoms. The lowest BCUT2D eigenvalue weighted by molar-refractivity contribution is 0.101. The fourth-order valence-corrected chi connectivity index (χ4v) is 3.59. The molecule has 0 fully saturated rings. The van der Waals surface area contributed by atoms with Crippen molar-refractivity contribution in [2.24, 2.45) is 0 Å². The Morgan fingerprint density at radius 3 is 1.93 bits per heavy atom. The SMILES string of the molecule is CCCCCCCC/C=C\CCCCCCCCOc1cc(O)cc(O)c1C(C)=O. The largest absolute Gasteiger partial charge is 0.508 e. The van der Waals surface area contributed by atoms with Crippen molar-refractivity contribution in [3.8, 4) is 17.2 Å². The van der Waals surface area contributed by atoms with Crippen molar-refractivity contribution in [3.63, 3.8) is 0 Å². The molecule has 1 aromatic rings. The van der Waals surface area contributed by atoms with Gasteiger partial charge in [-0.05, 0) is 39.0 Å². The molecule has 0 unspecified atom stereocenters. The maximum absolute atomic E-state index is 11.7. The summed E-state index contributed by atoms with van der Waals surface area (Å²) in [6.07, 6.45) is 22.2. The van der Waals surface area contributed by atoms with Crippen LogP contribution >= 0.6 is 0 Å². The lowest BCUT2D eigenvalue weighted by atomic mass is 10.1. The Morgan fingerprint density at radius 2 is 1.37 bits per heavy atom. The van der Waals surface area contributed by atoms with Gasteiger partial charge in [0.05, 0.1) is 6.61 Å². The molecule has 0 bridgehead atoms. The smallest absolute Gasteiger partial charge is 0.167 e. The number of phenols is 2. The lowest BCUT2D eigenvalue weighted by Crippen LogP contribution is -2.03. The Balaban J connectivity index is 2.00. The van der Waals surface area contributed by atoms with Crippen LogP contribution in [0.3, 0.4) is 0 Å².